The van der Waals surface area contributed by atoms with E-state index in [1.807, 2.05) is 54.6 Å². The molecule has 104 valence electrons. The lowest BCUT2D eigenvalue weighted by molar-refractivity contribution is 0.439. The first kappa shape index (κ1) is 13.8. The summed E-state index contributed by atoms with van der Waals surface area (Å²) in [5, 5.41) is -0.0168. The van der Waals surface area contributed by atoms with E-state index in [1.165, 1.54) is 0 Å². The van der Waals surface area contributed by atoms with Gasteiger partial charge in [0.25, 0.3) is 0 Å². The largest absolute Gasteiger partial charge is 0.424 e. The third kappa shape index (κ3) is 3.48. The molecule has 0 bridgehead atoms. The Morgan fingerprint density at radius 2 is 1.24 bits per heavy atom. The Morgan fingerprint density at radius 3 is 1.86 bits per heavy atom. The number of benzene rings is 2. The van der Waals surface area contributed by atoms with E-state index in [0.717, 1.165) is 11.1 Å². The Labute approximate surface area is 131 Å². The van der Waals surface area contributed by atoms with Gasteiger partial charge in [-0.3, -0.25) is 0 Å². The molecular weight excluding hydrogens is 309 g/mol. The minimum atomic E-state index is -0.00842. The number of nitrogens with zero attached hydrogens (tertiary/aromatic N) is 3. The van der Waals surface area contributed by atoms with Crippen molar-refractivity contribution in [1.29, 1.82) is 0 Å². The van der Waals surface area contributed by atoms with Gasteiger partial charge in [0.05, 0.1) is 0 Å². The summed E-state index contributed by atoms with van der Waals surface area (Å²) in [7, 11) is 0. The molecule has 0 aliphatic heterocycles. The van der Waals surface area contributed by atoms with Gasteiger partial charge >= 0.3 is 6.01 Å². The van der Waals surface area contributed by atoms with Crippen molar-refractivity contribution < 1.29 is 4.74 Å². The average Bonchev–Trinajstić information content (AvgIpc) is 2.48. The van der Waals surface area contributed by atoms with Crippen LogP contribution in [0.5, 0.6) is 11.8 Å². The zero-order chi connectivity index (χ0) is 14.7. The molecule has 0 aliphatic carbocycles. The van der Waals surface area contributed by atoms with Crippen LogP contribution in [0, 0.1) is 0 Å². The number of hydrogen-bond donors (Lipinski definition) is 0. The van der Waals surface area contributed by atoms with Gasteiger partial charge in [0.2, 0.25) is 10.6 Å². The molecule has 0 aliphatic rings. The van der Waals surface area contributed by atoms with Crippen molar-refractivity contribution >= 4 is 23.2 Å². The summed E-state index contributed by atoms with van der Waals surface area (Å²) in [4.78, 5) is 11.4. The van der Waals surface area contributed by atoms with Crippen LogP contribution in [-0.4, -0.2) is 15.0 Å². The van der Waals surface area contributed by atoms with Crippen molar-refractivity contribution in [3.63, 3.8) is 0 Å². The van der Waals surface area contributed by atoms with Gasteiger partial charge in [-0.15, -0.1) is 0 Å². The summed E-state index contributed by atoms with van der Waals surface area (Å²) in [6.45, 7) is 0. The standard InChI is InChI=1S/C15H9Cl2N3O/c16-13-18-14(17)20-15(19-13)21-12-8-6-11(7-9-12)10-4-2-1-3-5-10/h1-9H. The van der Waals surface area contributed by atoms with Crippen LogP contribution in [-0.2, 0) is 0 Å². The first-order valence-corrected chi connectivity index (χ1v) is 6.87. The van der Waals surface area contributed by atoms with Gasteiger partial charge in [0.1, 0.15) is 5.75 Å². The predicted molar refractivity (Wildman–Crippen MR) is 81.8 cm³/mol. The molecule has 0 saturated carbocycles. The molecule has 0 amide bonds. The number of halogens is 2. The van der Waals surface area contributed by atoms with Gasteiger partial charge in [-0.1, -0.05) is 42.5 Å². The highest BCUT2D eigenvalue weighted by Crippen LogP contribution is 2.24. The highest BCUT2D eigenvalue weighted by atomic mass is 35.5. The summed E-state index contributed by atoms with van der Waals surface area (Å²) < 4.78 is 5.50. The quantitative estimate of drug-likeness (QED) is 0.706. The lowest BCUT2D eigenvalue weighted by Gasteiger charge is -2.05. The predicted octanol–water partition coefficient (Wildman–Crippen LogP) is 4.64. The highest BCUT2D eigenvalue weighted by molar-refractivity contribution is 6.31. The Balaban J connectivity index is 1.81. The van der Waals surface area contributed by atoms with Crippen molar-refractivity contribution in [2.75, 3.05) is 0 Å². The average molecular weight is 318 g/mol. The lowest BCUT2D eigenvalue weighted by Crippen LogP contribution is -1.95. The minimum Gasteiger partial charge on any atom is -0.424 e. The molecule has 2 aromatic carbocycles. The maximum Gasteiger partial charge on any atom is 0.327 e. The fraction of sp³-hybridized carbons (Fsp3) is 0. The fourth-order valence-corrected chi connectivity index (χ4v) is 2.15. The molecule has 0 atom stereocenters. The monoisotopic (exact) mass is 317 g/mol. The molecule has 3 rings (SSSR count). The number of hydrogen-bond acceptors (Lipinski definition) is 4. The van der Waals surface area contributed by atoms with Gasteiger partial charge in [-0.25, -0.2) is 0 Å². The third-order valence-corrected chi connectivity index (χ3v) is 3.07. The first-order valence-electron chi connectivity index (χ1n) is 6.11. The van der Waals surface area contributed by atoms with Gasteiger partial charge in [-0.2, -0.15) is 15.0 Å². The van der Waals surface area contributed by atoms with E-state index in [1.54, 1.807) is 0 Å². The molecule has 6 heteroatoms. The van der Waals surface area contributed by atoms with E-state index in [2.05, 4.69) is 15.0 Å². The van der Waals surface area contributed by atoms with Crippen LogP contribution in [0.3, 0.4) is 0 Å². The molecule has 4 nitrogen and oxygen atoms in total. The van der Waals surface area contributed by atoms with Crippen LogP contribution in [0.1, 0.15) is 0 Å². The van der Waals surface area contributed by atoms with E-state index in [9.17, 15) is 0 Å². The molecule has 0 unspecified atom stereocenters. The SMILES string of the molecule is Clc1nc(Cl)nc(Oc2ccc(-c3ccccc3)cc2)n1. The molecule has 0 fully saturated rings. The summed E-state index contributed by atoms with van der Waals surface area (Å²) in [5.41, 5.74) is 2.23. The Bertz CT molecular complexity index is 728. The maximum atomic E-state index is 5.69. The summed E-state index contributed by atoms with van der Waals surface area (Å²) in [6.07, 6.45) is 0. The molecule has 0 N–H and O–H groups in total. The van der Waals surface area contributed by atoms with Gasteiger partial charge in [0.15, 0.2) is 0 Å². The molecule has 0 saturated heterocycles. The molecule has 0 spiro atoms. The zero-order valence-electron chi connectivity index (χ0n) is 10.7. The van der Waals surface area contributed by atoms with E-state index in [0.29, 0.717) is 5.75 Å². The Kier molecular flexibility index (Phi) is 3.99. The van der Waals surface area contributed by atoms with Crippen molar-refractivity contribution in [1.82, 2.24) is 15.0 Å². The highest BCUT2D eigenvalue weighted by Gasteiger charge is 2.06. The second-order valence-corrected chi connectivity index (χ2v) is 4.82. The molecule has 0 radical (unpaired) electrons. The maximum absolute atomic E-state index is 5.69. The normalized spacial score (nSPS) is 10.4. The van der Waals surface area contributed by atoms with Crippen molar-refractivity contribution in [2.45, 2.75) is 0 Å². The van der Waals surface area contributed by atoms with E-state index in [-0.39, 0.29) is 16.6 Å². The number of rotatable bonds is 3. The van der Waals surface area contributed by atoms with Gasteiger partial charge < -0.3 is 4.74 Å². The Hall–Kier alpha value is -2.17. The molecule has 3 aromatic rings. The smallest absolute Gasteiger partial charge is 0.327 e. The van der Waals surface area contributed by atoms with Crippen LogP contribution in [0.15, 0.2) is 54.6 Å². The van der Waals surface area contributed by atoms with Crippen molar-refractivity contribution in [3.05, 3.63) is 65.2 Å². The van der Waals surface area contributed by atoms with E-state index >= 15 is 0 Å². The zero-order valence-corrected chi connectivity index (χ0v) is 12.2. The van der Waals surface area contributed by atoms with Gasteiger partial charge in [-0.05, 0) is 46.5 Å². The van der Waals surface area contributed by atoms with Crippen LogP contribution < -0.4 is 4.74 Å². The topological polar surface area (TPSA) is 47.9 Å². The summed E-state index contributed by atoms with van der Waals surface area (Å²) >= 11 is 11.4. The summed E-state index contributed by atoms with van der Waals surface area (Å²) in [6, 6.07) is 17.7. The van der Waals surface area contributed by atoms with Crippen LogP contribution in [0.4, 0.5) is 0 Å². The lowest BCUT2D eigenvalue weighted by atomic mass is 10.1. The second kappa shape index (κ2) is 6.08. The van der Waals surface area contributed by atoms with E-state index in [4.69, 9.17) is 27.9 Å². The van der Waals surface area contributed by atoms with Crippen LogP contribution in [0.25, 0.3) is 11.1 Å². The number of ether oxygens (including phenoxy) is 1. The van der Waals surface area contributed by atoms with Crippen LogP contribution in [0.2, 0.25) is 10.6 Å². The van der Waals surface area contributed by atoms with Crippen molar-refractivity contribution in [3.8, 4) is 22.9 Å². The minimum absolute atomic E-state index is 0.00842. The fourth-order valence-electron chi connectivity index (χ4n) is 1.81. The van der Waals surface area contributed by atoms with Gasteiger partial charge in [0, 0.05) is 0 Å². The third-order valence-electron chi connectivity index (χ3n) is 2.73. The molecule has 1 aromatic heterocycles. The van der Waals surface area contributed by atoms with Crippen LogP contribution >= 0.6 is 23.2 Å². The summed E-state index contributed by atoms with van der Waals surface area (Å²) in [5.74, 6) is 0.591. The molecule has 1 heterocycles. The first-order chi connectivity index (χ1) is 10.2. The van der Waals surface area contributed by atoms with Crippen molar-refractivity contribution in [2.24, 2.45) is 0 Å². The molecule has 21 heavy (non-hydrogen) atoms. The number of aromatic nitrogens is 3. The molecular formula is C15H9Cl2N3O. The second-order valence-electron chi connectivity index (χ2n) is 4.15. The van der Waals surface area contributed by atoms with E-state index < -0.39 is 0 Å². The Morgan fingerprint density at radius 1 is 0.667 bits per heavy atom.